The van der Waals surface area contributed by atoms with Crippen molar-refractivity contribution in [2.24, 2.45) is 5.92 Å². The lowest BCUT2D eigenvalue weighted by atomic mass is 10.1. The fourth-order valence-corrected chi connectivity index (χ4v) is 2.41. The van der Waals surface area contributed by atoms with Gasteiger partial charge in [0.15, 0.2) is 0 Å². The second-order valence-electron chi connectivity index (χ2n) is 6.49. The Morgan fingerprint density at radius 2 is 1.68 bits per heavy atom. The molecule has 0 radical (unpaired) electrons. The monoisotopic (exact) mass is 355 g/mol. The van der Waals surface area contributed by atoms with Crippen molar-refractivity contribution in [3.8, 4) is 0 Å². The third-order valence-electron chi connectivity index (χ3n) is 4.37. The number of hydrogen-bond acceptors (Lipinski definition) is 6. The second kappa shape index (κ2) is 13.8. The highest BCUT2D eigenvalue weighted by atomic mass is 16.5. The highest BCUT2D eigenvalue weighted by molar-refractivity contribution is 5.91. The number of ether oxygens (including phenoxy) is 3. The van der Waals surface area contributed by atoms with Crippen LogP contribution in [-0.4, -0.2) is 62.9 Å². The summed E-state index contributed by atoms with van der Waals surface area (Å²) in [5, 5.41) is 0. The molecule has 0 aromatic rings. The van der Waals surface area contributed by atoms with Gasteiger partial charge in [-0.25, -0.2) is 9.59 Å². The summed E-state index contributed by atoms with van der Waals surface area (Å²) >= 11 is 0. The van der Waals surface area contributed by atoms with Crippen LogP contribution in [0, 0.1) is 5.92 Å². The molecule has 0 aliphatic carbocycles. The number of unbranched alkanes of at least 4 members (excludes halogenated alkanes) is 2. The van der Waals surface area contributed by atoms with Crippen LogP contribution in [0.15, 0.2) is 12.2 Å². The van der Waals surface area contributed by atoms with Crippen LogP contribution in [0.2, 0.25) is 0 Å². The first-order valence-electron chi connectivity index (χ1n) is 9.43. The molecule has 0 saturated carbocycles. The highest BCUT2D eigenvalue weighted by Crippen LogP contribution is 2.06. The highest BCUT2D eigenvalue weighted by Gasteiger charge is 2.09. The SMILES string of the molecule is CCC(C)CCOC(=O)/C=C/C(=O)OCCCCCN1CCOCC1. The van der Waals surface area contributed by atoms with Gasteiger partial charge in [-0.05, 0) is 38.1 Å². The molecule has 0 aromatic carbocycles. The molecule has 25 heavy (non-hydrogen) atoms. The molecule has 1 aliphatic heterocycles. The minimum Gasteiger partial charge on any atom is -0.463 e. The molecule has 1 fully saturated rings. The maximum Gasteiger partial charge on any atom is 0.331 e. The molecule has 1 atom stereocenters. The Bertz CT molecular complexity index is 405. The fraction of sp³-hybridized carbons (Fsp3) is 0.789. The predicted molar refractivity (Wildman–Crippen MR) is 96.2 cm³/mol. The van der Waals surface area contributed by atoms with Crippen molar-refractivity contribution in [3.05, 3.63) is 12.2 Å². The first-order valence-corrected chi connectivity index (χ1v) is 9.43. The summed E-state index contributed by atoms with van der Waals surface area (Å²) < 4.78 is 15.4. The van der Waals surface area contributed by atoms with Gasteiger partial charge in [0, 0.05) is 25.2 Å². The molecule has 0 bridgehead atoms. The van der Waals surface area contributed by atoms with Gasteiger partial charge in [-0.3, -0.25) is 4.90 Å². The quantitative estimate of drug-likeness (QED) is 0.305. The van der Waals surface area contributed by atoms with Crippen LogP contribution in [0.5, 0.6) is 0 Å². The van der Waals surface area contributed by atoms with Gasteiger partial charge < -0.3 is 14.2 Å². The Kier molecular flexibility index (Phi) is 12.0. The third-order valence-corrected chi connectivity index (χ3v) is 4.37. The molecule has 0 spiro atoms. The molecular formula is C19H33NO5. The van der Waals surface area contributed by atoms with Gasteiger partial charge in [0.2, 0.25) is 0 Å². The van der Waals surface area contributed by atoms with E-state index >= 15 is 0 Å². The summed E-state index contributed by atoms with van der Waals surface area (Å²) in [7, 11) is 0. The standard InChI is InChI=1S/C19H33NO5/c1-3-17(2)9-14-25-19(22)8-7-18(21)24-13-6-4-5-10-20-11-15-23-16-12-20/h7-8,17H,3-6,9-16H2,1-2H3/b8-7+. The van der Waals surface area contributed by atoms with Crippen LogP contribution in [-0.2, 0) is 23.8 Å². The van der Waals surface area contributed by atoms with Gasteiger partial charge in [0.25, 0.3) is 0 Å². The number of rotatable bonds is 12. The van der Waals surface area contributed by atoms with Crippen molar-refractivity contribution < 1.29 is 23.8 Å². The average Bonchev–Trinajstić information content (AvgIpc) is 2.63. The maximum absolute atomic E-state index is 11.5. The van der Waals surface area contributed by atoms with Crippen molar-refractivity contribution >= 4 is 11.9 Å². The van der Waals surface area contributed by atoms with Gasteiger partial charge in [-0.1, -0.05) is 20.3 Å². The Morgan fingerprint density at radius 1 is 1.04 bits per heavy atom. The molecule has 0 aromatic heterocycles. The van der Waals surface area contributed by atoms with E-state index in [0.29, 0.717) is 19.1 Å². The molecule has 0 N–H and O–H groups in total. The fourth-order valence-electron chi connectivity index (χ4n) is 2.41. The van der Waals surface area contributed by atoms with E-state index in [1.807, 2.05) is 0 Å². The molecule has 1 aliphatic rings. The maximum atomic E-state index is 11.5. The summed E-state index contributed by atoms with van der Waals surface area (Å²) in [6, 6.07) is 0. The zero-order chi connectivity index (χ0) is 18.3. The molecule has 0 amide bonds. The van der Waals surface area contributed by atoms with Crippen LogP contribution in [0.4, 0.5) is 0 Å². The zero-order valence-electron chi connectivity index (χ0n) is 15.7. The van der Waals surface area contributed by atoms with E-state index in [1.165, 1.54) is 0 Å². The van der Waals surface area contributed by atoms with Crippen LogP contribution in [0.1, 0.15) is 46.0 Å². The lowest BCUT2D eigenvalue weighted by Crippen LogP contribution is -2.36. The summed E-state index contributed by atoms with van der Waals surface area (Å²) in [4.78, 5) is 25.4. The molecule has 1 saturated heterocycles. The minimum atomic E-state index is -0.495. The zero-order valence-corrected chi connectivity index (χ0v) is 15.7. The van der Waals surface area contributed by atoms with Crippen molar-refractivity contribution in [1.29, 1.82) is 0 Å². The molecule has 1 rings (SSSR count). The molecule has 6 nitrogen and oxygen atoms in total. The summed E-state index contributed by atoms with van der Waals surface area (Å²) in [5.74, 6) is -0.456. The van der Waals surface area contributed by atoms with E-state index < -0.39 is 11.9 Å². The molecule has 6 heteroatoms. The van der Waals surface area contributed by atoms with E-state index in [4.69, 9.17) is 14.2 Å². The lowest BCUT2D eigenvalue weighted by Gasteiger charge is -2.26. The van der Waals surface area contributed by atoms with Gasteiger partial charge in [-0.2, -0.15) is 0 Å². The van der Waals surface area contributed by atoms with Crippen molar-refractivity contribution in [3.63, 3.8) is 0 Å². The predicted octanol–water partition coefficient (Wildman–Crippen LogP) is 2.57. The first kappa shape index (κ1) is 21.6. The van der Waals surface area contributed by atoms with E-state index in [-0.39, 0.29) is 0 Å². The second-order valence-corrected chi connectivity index (χ2v) is 6.49. The van der Waals surface area contributed by atoms with Crippen molar-refractivity contribution in [1.82, 2.24) is 4.90 Å². The topological polar surface area (TPSA) is 65.1 Å². The van der Waals surface area contributed by atoms with Gasteiger partial charge in [0.05, 0.1) is 26.4 Å². The largest absolute Gasteiger partial charge is 0.463 e. The molecular weight excluding hydrogens is 322 g/mol. The van der Waals surface area contributed by atoms with Crippen LogP contribution < -0.4 is 0 Å². The Balaban J connectivity index is 1.97. The van der Waals surface area contributed by atoms with Crippen LogP contribution in [0.3, 0.4) is 0 Å². The average molecular weight is 355 g/mol. The summed E-state index contributed by atoms with van der Waals surface area (Å²) in [5.41, 5.74) is 0. The Hall–Kier alpha value is -1.40. The normalized spacial score (nSPS) is 16.7. The number of nitrogens with zero attached hydrogens (tertiary/aromatic N) is 1. The van der Waals surface area contributed by atoms with E-state index in [0.717, 1.165) is 77.1 Å². The number of carbonyl (C=O) groups is 2. The third kappa shape index (κ3) is 11.7. The summed E-state index contributed by atoms with van der Waals surface area (Å²) in [6.45, 7) is 9.72. The van der Waals surface area contributed by atoms with E-state index in [2.05, 4.69) is 18.7 Å². The molecule has 144 valence electrons. The lowest BCUT2D eigenvalue weighted by molar-refractivity contribution is -0.140. The van der Waals surface area contributed by atoms with Gasteiger partial charge in [0.1, 0.15) is 0 Å². The number of hydrogen-bond donors (Lipinski definition) is 0. The van der Waals surface area contributed by atoms with Crippen molar-refractivity contribution in [2.45, 2.75) is 46.0 Å². The number of esters is 2. The van der Waals surface area contributed by atoms with E-state index in [9.17, 15) is 9.59 Å². The molecule has 1 unspecified atom stereocenters. The van der Waals surface area contributed by atoms with Crippen molar-refractivity contribution in [2.75, 3.05) is 46.1 Å². The van der Waals surface area contributed by atoms with E-state index in [1.54, 1.807) is 0 Å². The Morgan fingerprint density at radius 3 is 2.32 bits per heavy atom. The molecule has 1 heterocycles. The minimum absolute atomic E-state index is 0.384. The van der Waals surface area contributed by atoms with Crippen LogP contribution >= 0.6 is 0 Å². The van der Waals surface area contributed by atoms with Crippen LogP contribution in [0.25, 0.3) is 0 Å². The number of morpholine rings is 1. The Labute approximate surface area is 151 Å². The van der Waals surface area contributed by atoms with Gasteiger partial charge in [-0.15, -0.1) is 0 Å². The summed E-state index contributed by atoms with van der Waals surface area (Å²) in [6.07, 6.45) is 7.12. The smallest absolute Gasteiger partial charge is 0.331 e. The number of carbonyl (C=O) groups excluding carboxylic acids is 2. The van der Waals surface area contributed by atoms with Gasteiger partial charge >= 0.3 is 11.9 Å². The first-order chi connectivity index (χ1) is 12.1.